The highest BCUT2D eigenvalue weighted by molar-refractivity contribution is 4.75. The van der Waals surface area contributed by atoms with Gasteiger partial charge in [-0.3, -0.25) is 0 Å². The molecule has 0 aromatic heterocycles. The van der Waals surface area contributed by atoms with Gasteiger partial charge in [0.1, 0.15) is 0 Å². The van der Waals surface area contributed by atoms with Crippen LogP contribution in [0.25, 0.3) is 0 Å². The van der Waals surface area contributed by atoms with Crippen molar-refractivity contribution in [3.63, 3.8) is 0 Å². The lowest BCUT2D eigenvalue weighted by atomic mass is 9.84. The molecule has 5 heteroatoms. The van der Waals surface area contributed by atoms with Crippen molar-refractivity contribution in [2.45, 2.75) is 25.4 Å². The Bertz CT molecular complexity index is 166. The van der Waals surface area contributed by atoms with Gasteiger partial charge in [-0.05, 0) is 31.2 Å². The van der Waals surface area contributed by atoms with E-state index in [1.807, 2.05) is 0 Å². The van der Waals surface area contributed by atoms with Crippen molar-refractivity contribution >= 4 is 0 Å². The van der Waals surface area contributed by atoms with Crippen molar-refractivity contribution in [1.29, 1.82) is 0 Å². The van der Waals surface area contributed by atoms with Gasteiger partial charge in [0.2, 0.25) is 0 Å². The Kier molecular flexibility index (Phi) is 4.19. The zero-order valence-electron chi connectivity index (χ0n) is 8.02. The smallest absolute Gasteiger partial charge is 0.381 e. The summed E-state index contributed by atoms with van der Waals surface area (Å²) in [5.74, 6) is -0.353. The van der Waals surface area contributed by atoms with Gasteiger partial charge in [-0.1, -0.05) is 0 Å². The molecule has 0 aromatic rings. The van der Waals surface area contributed by atoms with E-state index in [2.05, 4.69) is 0 Å². The summed E-state index contributed by atoms with van der Waals surface area (Å²) in [6.07, 6.45) is -3.44. The summed E-state index contributed by atoms with van der Waals surface area (Å²) >= 11 is 0. The van der Waals surface area contributed by atoms with E-state index in [4.69, 9.17) is 10.5 Å². The van der Waals surface area contributed by atoms with E-state index in [0.717, 1.165) is 0 Å². The third-order valence-electron chi connectivity index (χ3n) is 2.73. The summed E-state index contributed by atoms with van der Waals surface area (Å²) in [4.78, 5) is 0. The highest BCUT2D eigenvalue weighted by Gasteiger charge is 2.35. The van der Waals surface area contributed by atoms with Gasteiger partial charge >= 0.3 is 6.18 Å². The molecule has 1 atom stereocenters. The minimum Gasteiger partial charge on any atom is -0.381 e. The highest BCUT2D eigenvalue weighted by atomic mass is 19.4. The van der Waals surface area contributed by atoms with Gasteiger partial charge in [-0.25, -0.2) is 0 Å². The Morgan fingerprint density at radius 1 is 1.29 bits per heavy atom. The molecule has 0 unspecified atom stereocenters. The lowest BCUT2D eigenvalue weighted by molar-refractivity contribution is -0.150. The van der Waals surface area contributed by atoms with E-state index in [0.29, 0.717) is 26.1 Å². The van der Waals surface area contributed by atoms with Crippen LogP contribution in [0.1, 0.15) is 19.3 Å². The molecule has 1 aliphatic rings. The van der Waals surface area contributed by atoms with Gasteiger partial charge in [-0.2, -0.15) is 13.2 Å². The molecule has 84 valence electrons. The molecule has 1 aliphatic heterocycles. The molecule has 1 fully saturated rings. The van der Waals surface area contributed by atoms with Crippen LogP contribution in [0.2, 0.25) is 0 Å². The molecule has 0 aromatic carbocycles. The first-order chi connectivity index (χ1) is 6.53. The third-order valence-corrected chi connectivity index (χ3v) is 2.73. The first-order valence-electron chi connectivity index (χ1n) is 4.87. The van der Waals surface area contributed by atoms with Crippen LogP contribution in [0, 0.1) is 11.8 Å². The molecule has 0 aliphatic carbocycles. The van der Waals surface area contributed by atoms with Gasteiger partial charge in [0.25, 0.3) is 0 Å². The molecule has 0 spiro atoms. The second-order valence-electron chi connectivity index (χ2n) is 3.76. The summed E-state index contributed by atoms with van der Waals surface area (Å²) in [5.41, 5.74) is 5.37. The van der Waals surface area contributed by atoms with Crippen LogP contribution >= 0.6 is 0 Å². The van der Waals surface area contributed by atoms with Crippen molar-refractivity contribution in [3.8, 4) is 0 Å². The number of rotatable bonds is 3. The van der Waals surface area contributed by atoms with Gasteiger partial charge in [-0.15, -0.1) is 0 Å². The standard InChI is InChI=1S/C9H16F3NO/c10-9(11,12)5-8(6-13)7-1-3-14-4-2-7/h7-8H,1-6,13H2/t8-/m1/s1. The largest absolute Gasteiger partial charge is 0.389 e. The molecule has 0 saturated carbocycles. The molecule has 1 heterocycles. The van der Waals surface area contributed by atoms with E-state index < -0.39 is 18.5 Å². The number of nitrogens with two attached hydrogens (primary N) is 1. The number of alkyl halides is 3. The van der Waals surface area contributed by atoms with E-state index in [1.54, 1.807) is 0 Å². The summed E-state index contributed by atoms with van der Waals surface area (Å²) in [6, 6.07) is 0. The lowest BCUT2D eigenvalue weighted by Gasteiger charge is -2.29. The van der Waals surface area contributed by atoms with Crippen LogP contribution in [-0.4, -0.2) is 25.9 Å². The monoisotopic (exact) mass is 211 g/mol. The molecule has 2 nitrogen and oxygen atoms in total. The number of halogens is 3. The van der Waals surface area contributed by atoms with E-state index in [9.17, 15) is 13.2 Å². The molecule has 0 amide bonds. The van der Waals surface area contributed by atoms with Crippen LogP contribution in [0.15, 0.2) is 0 Å². The zero-order chi connectivity index (χ0) is 10.6. The number of hydrogen-bond acceptors (Lipinski definition) is 2. The maximum Gasteiger partial charge on any atom is 0.389 e. The predicted molar refractivity (Wildman–Crippen MR) is 46.8 cm³/mol. The Morgan fingerprint density at radius 2 is 1.86 bits per heavy atom. The number of hydrogen-bond donors (Lipinski definition) is 1. The Labute approximate surface area is 81.6 Å². The Balaban J connectivity index is 2.43. The van der Waals surface area contributed by atoms with Crippen molar-refractivity contribution < 1.29 is 17.9 Å². The average molecular weight is 211 g/mol. The molecule has 1 rings (SSSR count). The van der Waals surface area contributed by atoms with Crippen molar-refractivity contribution in [1.82, 2.24) is 0 Å². The van der Waals surface area contributed by atoms with Crippen LogP contribution in [0.3, 0.4) is 0 Å². The maximum atomic E-state index is 12.2. The molecule has 0 radical (unpaired) electrons. The average Bonchev–Trinajstić information content (AvgIpc) is 2.14. The highest BCUT2D eigenvalue weighted by Crippen LogP contribution is 2.32. The topological polar surface area (TPSA) is 35.2 Å². The first-order valence-corrected chi connectivity index (χ1v) is 4.87. The van der Waals surface area contributed by atoms with Crippen molar-refractivity contribution in [3.05, 3.63) is 0 Å². The minimum atomic E-state index is -4.09. The maximum absolute atomic E-state index is 12.2. The summed E-state index contributed by atoms with van der Waals surface area (Å²) in [7, 11) is 0. The molecule has 1 saturated heterocycles. The van der Waals surface area contributed by atoms with Crippen LogP contribution < -0.4 is 5.73 Å². The van der Waals surface area contributed by atoms with Gasteiger partial charge < -0.3 is 10.5 Å². The Morgan fingerprint density at radius 3 is 2.29 bits per heavy atom. The van der Waals surface area contributed by atoms with Gasteiger partial charge in [0, 0.05) is 19.6 Å². The molecule has 0 bridgehead atoms. The Hall–Kier alpha value is -0.290. The molecule has 14 heavy (non-hydrogen) atoms. The molecular weight excluding hydrogens is 195 g/mol. The molecule has 2 N–H and O–H groups in total. The minimum absolute atomic E-state index is 0.0791. The van der Waals surface area contributed by atoms with Crippen LogP contribution in [-0.2, 0) is 4.74 Å². The number of ether oxygens (including phenoxy) is 1. The van der Waals surface area contributed by atoms with Crippen molar-refractivity contribution in [2.24, 2.45) is 17.6 Å². The normalized spacial score (nSPS) is 22.3. The fourth-order valence-electron chi connectivity index (χ4n) is 1.93. The zero-order valence-corrected chi connectivity index (χ0v) is 8.02. The lowest BCUT2D eigenvalue weighted by Crippen LogP contribution is -2.32. The fourth-order valence-corrected chi connectivity index (χ4v) is 1.93. The second kappa shape index (κ2) is 4.98. The van der Waals surface area contributed by atoms with Crippen LogP contribution in [0.4, 0.5) is 13.2 Å². The summed E-state index contributed by atoms with van der Waals surface area (Å²) < 4.78 is 41.6. The van der Waals surface area contributed by atoms with E-state index in [1.165, 1.54) is 0 Å². The SMILES string of the molecule is NC[C@@H](CC(F)(F)F)C1CCOCC1. The summed E-state index contributed by atoms with van der Waals surface area (Å²) in [5, 5.41) is 0. The predicted octanol–water partition coefficient (Wildman–Crippen LogP) is 1.94. The quantitative estimate of drug-likeness (QED) is 0.774. The van der Waals surface area contributed by atoms with Gasteiger partial charge in [0.05, 0.1) is 0 Å². The van der Waals surface area contributed by atoms with Gasteiger partial charge in [0.15, 0.2) is 0 Å². The third kappa shape index (κ3) is 3.84. The van der Waals surface area contributed by atoms with Crippen molar-refractivity contribution in [2.75, 3.05) is 19.8 Å². The van der Waals surface area contributed by atoms with E-state index >= 15 is 0 Å². The summed E-state index contributed by atoms with van der Waals surface area (Å²) in [6.45, 7) is 1.25. The second-order valence-corrected chi connectivity index (χ2v) is 3.76. The fraction of sp³-hybridized carbons (Fsp3) is 1.00. The van der Waals surface area contributed by atoms with Crippen LogP contribution in [0.5, 0.6) is 0 Å². The first kappa shape index (κ1) is 11.8. The molecular formula is C9H16F3NO. The van der Waals surface area contributed by atoms with E-state index in [-0.39, 0.29) is 12.5 Å².